The van der Waals surface area contributed by atoms with Gasteiger partial charge in [0.05, 0.1) is 12.8 Å². The van der Waals surface area contributed by atoms with Crippen LogP contribution in [0.5, 0.6) is 0 Å². The normalized spacial score (nSPS) is 12.2. The number of hydrogen-bond donors (Lipinski definition) is 2. The average molecular weight is 343 g/mol. The quantitative estimate of drug-likeness (QED) is 0.392. The summed E-state index contributed by atoms with van der Waals surface area (Å²) in [5, 5.41) is 1.23. The molecule has 1 aromatic rings. The molecule has 0 saturated heterocycles. The fraction of sp³-hybridized carbons (Fsp3) is 0.647. The van der Waals surface area contributed by atoms with Crippen LogP contribution in [-0.2, 0) is 16.6 Å². The predicted octanol–water partition coefficient (Wildman–Crippen LogP) is 4.25. The summed E-state index contributed by atoms with van der Waals surface area (Å²) in [6, 6.07) is 3.54. The van der Waals surface area contributed by atoms with E-state index in [2.05, 4.69) is 17.2 Å². The Hall–Kier alpha value is -1.11. The van der Waals surface area contributed by atoms with Crippen LogP contribution in [0.15, 0.2) is 34.3 Å². The highest BCUT2D eigenvalue weighted by Crippen LogP contribution is 2.09. The van der Waals surface area contributed by atoms with Gasteiger partial charge in [0.1, 0.15) is 5.76 Å². The summed E-state index contributed by atoms with van der Waals surface area (Å²) < 4.78 is 28.5. The van der Waals surface area contributed by atoms with E-state index in [1.165, 1.54) is 50.4 Å². The predicted molar refractivity (Wildman–Crippen MR) is 94.0 cm³/mol. The number of allylic oxidation sites excluding steroid dienone is 1. The van der Waals surface area contributed by atoms with E-state index in [-0.39, 0.29) is 0 Å². The summed E-state index contributed by atoms with van der Waals surface area (Å²) in [5.41, 5.74) is 2.63. The first-order chi connectivity index (χ1) is 11.1. The molecule has 5 nitrogen and oxygen atoms in total. The molecule has 0 unspecified atom stereocenters. The molecule has 132 valence electrons. The Balaban J connectivity index is 2.01. The zero-order valence-electron chi connectivity index (χ0n) is 14.1. The summed E-state index contributed by atoms with van der Waals surface area (Å²) in [6.45, 7) is 2.54. The maximum atomic E-state index is 11.7. The molecule has 0 aromatic carbocycles. The minimum Gasteiger partial charge on any atom is -0.468 e. The molecule has 0 atom stereocenters. The fourth-order valence-corrected chi connectivity index (χ4v) is 2.99. The van der Waals surface area contributed by atoms with E-state index in [1.807, 2.05) is 0 Å². The molecule has 0 aliphatic rings. The van der Waals surface area contributed by atoms with Crippen molar-refractivity contribution in [3.8, 4) is 0 Å². The fourth-order valence-electron chi connectivity index (χ4n) is 2.26. The third kappa shape index (κ3) is 11.1. The smallest absolute Gasteiger partial charge is 0.246 e. The Morgan fingerprint density at radius 1 is 1.09 bits per heavy atom. The summed E-state index contributed by atoms with van der Waals surface area (Å²) in [4.78, 5) is 2.30. The highest BCUT2D eigenvalue weighted by Gasteiger charge is 2.04. The van der Waals surface area contributed by atoms with Crippen LogP contribution in [0.3, 0.4) is 0 Å². The number of sulfonamides is 1. The van der Waals surface area contributed by atoms with Crippen LogP contribution in [0.25, 0.3) is 0 Å². The zero-order valence-corrected chi connectivity index (χ0v) is 14.9. The van der Waals surface area contributed by atoms with Crippen LogP contribution in [-0.4, -0.2) is 8.42 Å². The summed E-state index contributed by atoms with van der Waals surface area (Å²) in [7, 11) is -3.43. The Morgan fingerprint density at radius 2 is 1.78 bits per heavy atom. The van der Waals surface area contributed by atoms with Gasteiger partial charge in [0, 0.05) is 5.41 Å². The third-order valence-corrected chi connectivity index (χ3v) is 4.54. The second kappa shape index (κ2) is 12.3. The molecule has 1 heterocycles. The number of rotatable bonds is 14. The standard InChI is InChI=1S/C17H30N2O3S/c1-2-3-4-5-6-7-8-9-10-11-15-23(20,21)19-18-16-17-13-12-14-22-17/h11-15,18-19H,2-10,16H2,1H3. The van der Waals surface area contributed by atoms with Crippen LogP contribution in [0, 0.1) is 0 Å². The van der Waals surface area contributed by atoms with Gasteiger partial charge in [0.2, 0.25) is 10.0 Å². The summed E-state index contributed by atoms with van der Waals surface area (Å²) in [5.74, 6) is 0.676. The van der Waals surface area contributed by atoms with E-state index in [9.17, 15) is 8.42 Å². The number of hydrogen-bond acceptors (Lipinski definition) is 4. The van der Waals surface area contributed by atoms with Gasteiger partial charge < -0.3 is 4.42 Å². The minimum atomic E-state index is -3.43. The van der Waals surface area contributed by atoms with Crippen molar-refractivity contribution < 1.29 is 12.8 Å². The Kier molecular flexibility index (Phi) is 10.7. The van der Waals surface area contributed by atoms with Gasteiger partial charge in [0.25, 0.3) is 0 Å². The molecule has 0 radical (unpaired) electrons. The van der Waals surface area contributed by atoms with Crippen LogP contribution in [0.2, 0.25) is 0 Å². The van der Waals surface area contributed by atoms with Crippen molar-refractivity contribution in [2.24, 2.45) is 0 Å². The van der Waals surface area contributed by atoms with Gasteiger partial charge in [-0.25, -0.2) is 13.8 Å². The molecule has 0 fully saturated rings. The molecule has 0 aliphatic carbocycles. The van der Waals surface area contributed by atoms with E-state index in [0.29, 0.717) is 12.3 Å². The van der Waals surface area contributed by atoms with Gasteiger partial charge in [0.15, 0.2) is 0 Å². The highest BCUT2D eigenvalue weighted by atomic mass is 32.2. The largest absolute Gasteiger partial charge is 0.468 e. The van der Waals surface area contributed by atoms with Crippen LogP contribution in [0.4, 0.5) is 0 Å². The molecule has 1 aromatic heterocycles. The molecule has 0 spiro atoms. The maximum absolute atomic E-state index is 11.7. The molecule has 6 heteroatoms. The lowest BCUT2D eigenvalue weighted by atomic mass is 10.1. The first kappa shape index (κ1) is 19.9. The SMILES string of the molecule is CCCCCCCCCCC=CS(=O)(=O)NNCc1ccco1. The molecule has 0 amide bonds. The number of furan rings is 1. The average Bonchev–Trinajstić information content (AvgIpc) is 3.02. The highest BCUT2D eigenvalue weighted by molar-refractivity contribution is 7.92. The summed E-state index contributed by atoms with van der Waals surface area (Å²) in [6.07, 6.45) is 14.1. The number of nitrogens with one attached hydrogen (secondary N) is 2. The monoisotopic (exact) mass is 342 g/mol. The van der Waals surface area contributed by atoms with Crippen molar-refractivity contribution in [2.75, 3.05) is 0 Å². The van der Waals surface area contributed by atoms with Crippen molar-refractivity contribution in [1.29, 1.82) is 0 Å². The zero-order chi connectivity index (χ0) is 16.8. The third-order valence-electron chi connectivity index (χ3n) is 3.56. The lowest BCUT2D eigenvalue weighted by molar-refractivity contribution is 0.473. The molecule has 23 heavy (non-hydrogen) atoms. The van der Waals surface area contributed by atoms with Crippen molar-refractivity contribution in [3.63, 3.8) is 0 Å². The molecule has 0 aliphatic heterocycles. The van der Waals surface area contributed by atoms with Crippen molar-refractivity contribution in [2.45, 2.75) is 71.3 Å². The van der Waals surface area contributed by atoms with E-state index >= 15 is 0 Å². The second-order valence-electron chi connectivity index (χ2n) is 5.72. The van der Waals surface area contributed by atoms with Crippen molar-refractivity contribution in [3.05, 3.63) is 35.6 Å². The molecule has 2 N–H and O–H groups in total. The van der Waals surface area contributed by atoms with Gasteiger partial charge >= 0.3 is 0 Å². The van der Waals surface area contributed by atoms with Crippen molar-refractivity contribution in [1.82, 2.24) is 10.3 Å². The minimum absolute atomic E-state index is 0.318. The molecular weight excluding hydrogens is 312 g/mol. The molecular formula is C17H30N2O3S. The lowest BCUT2D eigenvalue weighted by Gasteiger charge is -2.03. The number of hydrazine groups is 1. The Labute approximate surface area is 140 Å². The van der Waals surface area contributed by atoms with E-state index in [1.54, 1.807) is 24.5 Å². The molecule has 1 rings (SSSR count). The Morgan fingerprint density at radius 3 is 2.43 bits per heavy atom. The maximum Gasteiger partial charge on any atom is 0.246 e. The number of unbranched alkanes of at least 4 members (excludes halogenated alkanes) is 8. The van der Waals surface area contributed by atoms with Crippen LogP contribution in [0.1, 0.15) is 70.5 Å². The van der Waals surface area contributed by atoms with Gasteiger partial charge in [-0.1, -0.05) is 57.9 Å². The van der Waals surface area contributed by atoms with Crippen LogP contribution >= 0.6 is 0 Å². The molecule has 0 bridgehead atoms. The van der Waals surface area contributed by atoms with Gasteiger partial charge in [-0.15, -0.1) is 4.83 Å². The second-order valence-corrected chi connectivity index (χ2v) is 7.28. The summed E-state index contributed by atoms with van der Waals surface area (Å²) >= 11 is 0. The first-order valence-electron chi connectivity index (χ1n) is 8.57. The first-order valence-corrected chi connectivity index (χ1v) is 10.1. The van der Waals surface area contributed by atoms with E-state index in [4.69, 9.17) is 4.42 Å². The Bertz CT molecular complexity index is 510. The van der Waals surface area contributed by atoms with Gasteiger partial charge in [-0.05, 0) is 25.0 Å². The molecule has 0 saturated carbocycles. The van der Waals surface area contributed by atoms with E-state index < -0.39 is 10.0 Å². The van der Waals surface area contributed by atoms with Crippen LogP contribution < -0.4 is 10.3 Å². The van der Waals surface area contributed by atoms with Gasteiger partial charge in [-0.3, -0.25) is 0 Å². The van der Waals surface area contributed by atoms with E-state index in [0.717, 1.165) is 12.8 Å². The topological polar surface area (TPSA) is 71.3 Å². The van der Waals surface area contributed by atoms with Crippen molar-refractivity contribution >= 4 is 10.0 Å². The van der Waals surface area contributed by atoms with Gasteiger partial charge in [-0.2, -0.15) is 0 Å². The lowest BCUT2D eigenvalue weighted by Crippen LogP contribution is -2.35.